The molecule has 0 aromatic heterocycles. The van der Waals surface area contributed by atoms with Gasteiger partial charge in [0, 0.05) is 13.0 Å². The Morgan fingerprint density at radius 2 is 2.05 bits per heavy atom. The Hall–Kier alpha value is -1.59. The van der Waals surface area contributed by atoms with Crippen molar-refractivity contribution in [1.29, 1.82) is 0 Å². The monoisotopic (exact) mass is 294 g/mol. The van der Waals surface area contributed by atoms with Crippen LogP contribution in [0, 0.1) is 0 Å². The standard InChI is InChI=1S/C16H22O5/c1-2-20-15(18)10-16(11-19-12-16)13-4-6-14(7-5-13)21-9-3-8-17/h4-7,17H,2-3,8-12H2,1H3. The van der Waals surface area contributed by atoms with Crippen LogP contribution in [0.15, 0.2) is 24.3 Å². The molecular weight excluding hydrogens is 272 g/mol. The van der Waals surface area contributed by atoms with Gasteiger partial charge in [-0.15, -0.1) is 0 Å². The number of hydrogen-bond donors (Lipinski definition) is 1. The summed E-state index contributed by atoms with van der Waals surface area (Å²) in [5.74, 6) is 0.572. The molecule has 1 aliphatic rings. The number of ether oxygens (including phenoxy) is 3. The largest absolute Gasteiger partial charge is 0.494 e. The highest BCUT2D eigenvalue weighted by molar-refractivity contribution is 5.72. The van der Waals surface area contributed by atoms with Crippen molar-refractivity contribution in [2.24, 2.45) is 0 Å². The van der Waals surface area contributed by atoms with Gasteiger partial charge >= 0.3 is 5.97 Å². The van der Waals surface area contributed by atoms with Gasteiger partial charge in [0.25, 0.3) is 0 Å². The summed E-state index contributed by atoms with van der Waals surface area (Å²) >= 11 is 0. The van der Waals surface area contributed by atoms with Crippen molar-refractivity contribution in [3.05, 3.63) is 29.8 Å². The molecule has 0 bridgehead atoms. The smallest absolute Gasteiger partial charge is 0.306 e. The number of carbonyl (C=O) groups excluding carboxylic acids is 1. The van der Waals surface area contributed by atoms with Crippen molar-refractivity contribution in [2.75, 3.05) is 33.0 Å². The molecule has 2 rings (SSSR count). The molecule has 0 atom stereocenters. The van der Waals surface area contributed by atoms with Crippen LogP contribution < -0.4 is 4.74 Å². The summed E-state index contributed by atoms with van der Waals surface area (Å²) in [5.41, 5.74) is 0.798. The van der Waals surface area contributed by atoms with Gasteiger partial charge in [-0.2, -0.15) is 0 Å². The third-order valence-corrected chi connectivity index (χ3v) is 3.58. The van der Waals surface area contributed by atoms with Gasteiger partial charge < -0.3 is 19.3 Å². The number of carbonyl (C=O) groups is 1. The molecule has 0 amide bonds. The first-order valence-corrected chi connectivity index (χ1v) is 7.28. The summed E-state index contributed by atoms with van der Waals surface area (Å²) < 4.78 is 15.9. The predicted molar refractivity (Wildman–Crippen MR) is 77.4 cm³/mol. The average molecular weight is 294 g/mol. The van der Waals surface area contributed by atoms with E-state index in [0.29, 0.717) is 39.3 Å². The molecule has 0 aliphatic carbocycles. The van der Waals surface area contributed by atoms with E-state index in [0.717, 1.165) is 11.3 Å². The first-order chi connectivity index (χ1) is 10.2. The van der Waals surface area contributed by atoms with E-state index in [9.17, 15) is 4.79 Å². The van der Waals surface area contributed by atoms with Crippen LogP contribution in [0.2, 0.25) is 0 Å². The van der Waals surface area contributed by atoms with Crippen LogP contribution in [0.25, 0.3) is 0 Å². The number of esters is 1. The Morgan fingerprint density at radius 3 is 2.57 bits per heavy atom. The zero-order valence-corrected chi connectivity index (χ0v) is 12.3. The summed E-state index contributed by atoms with van der Waals surface area (Å²) in [6.07, 6.45) is 0.952. The fourth-order valence-corrected chi connectivity index (χ4v) is 2.37. The van der Waals surface area contributed by atoms with Crippen LogP contribution in [-0.2, 0) is 19.7 Å². The Kier molecular flexibility index (Phi) is 5.59. The van der Waals surface area contributed by atoms with Crippen LogP contribution in [0.1, 0.15) is 25.3 Å². The fourth-order valence-electron chi connectivity index (χ4n) is 2.37. The predicted octanol–water partition coefficient (Wildman–Crippen LogP) is 1.67. The van der Waals surface area contributed by atoms with Gasteiger partial charge in [-0.1, -0.05) is 12.1 Å². The number of aliphatic hydroxyl groups excluding tert-OH is 1. The minimum Gasteiger partial charge on any atom is -0.494 e. The Morgan fingerprint density at radius 1 is 1.33 bits per heavy atom. The minimum atomic E-state index is -0.268. The Balaban J connectivity index is 2.00. The summed E-state index contributed by atoms with van der Waals surface area (Å²) in [6, 6.07) is 7.71. The van der Waals surface area contributed by atoms with Crippen LogP contribution in [-0.4, -0.2) is 44.1 Å². The molecule has 116 valence electrons. The quantitative estimate of drug-likeness (QED) is 0.583. The third-order valence-electron chi connectivity index (χ3n) is 3.58. The summed E-state index contributed by atoms with van der Waals surface area (Å²) in [5, 5.41) is 8.72. The molecule has 1 N–H and O–H groups in total. The highest BCUT2D eigenvalue weighted by Crippen LogP contribution is 2.36. The zero-order chi connectivity index (χ0) is 15.1. The molecule has 1 heterocycles. The molecule has 0 saturated carbocycles. The topological polar surface area (TPSA) is 65.0 Å². The molecule has 1 aromatic carbocycles. The normalized spacial score (nSPS) is 16.1. The van der Waals surface area contributed by atoms with Crippen molar-refractivity contribution in [1.82, 2.24) is 0 Å². The van der Waals surface area contributed by atoms with Crippen molar-refractivity contribution < 1.29 is 24.1 Å². The van der Waals surface area contributed by atoms with E-state index in [1.807, 2.05) is 24.3 Å². The van der Waals surface area contributed by atoms with Gasteiger partial charge in [0.2, 0.25) is 0 Å². The van der Waals surface area contributed by atoms with E-state index >= 15 is 0 Å². The molecule has 1 aromatic rings. The lowest BCUT2D eigenvalue weighted by molar-refractivity contribution is -0.151. The zero-order valence-electron chi connectivity index (χ0n) is 12.3. The summed E-state index contributed by atoms with van der Waals surface area (Å²) in [6.45, 7) is 3.89. The summed E-state index contributed by atoms with van der Waals surface area (Å²) in [4.78, 5) is 11.7. The number of benzene rings is 1. The van der Waals surface area contributed by atoms with Crippen LogP contribution in [0.3, 0.4) is 0 Å². The highest BCUT2D eigenvalue weighted by atomic mass is 16.5. The lowest BCUT2D eigenvalue weighted by Crippen LogP contribution is -2.48. The molecule has 1 fully saturated rings. The van der Waals surface area contributed by atoms with Crippen molar-refractivity contribution >= 4 is 5.97 Å². The van der Waals surface area contributed by atoms with E-state index in [1.165, 1.54) is 0 Å². The SMILES string of the molecule is CCOC(=O)CC1(c2ccc(OCCCO)cc2)COC1. The summed E-state index contributed by atoms with van der Waals surface area (Å²) in [7, 11) is 0. The van der Waals surface area contributed by atoms with Gasteiger partial charge in [0.15, 0.2) is 0 Å². The third kappa shape index (κ3) is 3.95. The number of rotatable bonds is 8. The van der Waals surface area contributed by atoms with E-state index in [2.05, 4.69) is 0 Å². The van der Waals surface area contributed by atoms with Gasteiger partial charge in [-0.05, 0) is 24.6 Å². The molecule has 21 heavy (non-hydrogen) atoms. The van der Waals surface area contributed by atoms with Gasteiger partial charge in [-0.25, -0.2) is 0 Å². The van der Waals surface area contributed by atoms with Crippen molar-refractivity contribution in [3.8, 4) is 5.75 Å². The van der Waals surface area contributed by atoms with E-state index in [4.69, 9.17) is 19.3 Å². The van der Waals surface area contributed by atoms with Crippen molar-refractivity contribution in [2.45, 2.75) is 25.2 Å². The maximum Gasteiger partial charge on any atom is 0.306 e. The molecule has 5 nitrogen and oxygen atoms in total. The van der Waals surface area contributed by atoms with E-state index < -0.39 is 0 Å². The average Bonchev–Trinajstić information content (AvgIpc) is 2.44. The first kappa shape index (κ1) is 15.8. The van der Waals surface area contributed by atoms with E-state index in [1.54, 1.807) is 6.92 Å². The molecule has 0 unspecified atom stereocenters. The highest BCUT2D eigenvalue weighted by Gasteiger charge is 2.42. The van der Waals surface area contributed by atoms with Gasteiger partial charge in [-0.3, -0.25) is 4.79 Å². The number of aliphatic hydroxyl groups is 1. The number of hydrogen-bond acceptors (Lipinski definition) is 5. The van der Waals surface area contributed by atoms with Crippen LogP contribution in [0.4, 0.5) is 0 Å². The maximum absolute atomic E-state index is 11.7. The minimum absolute atomic E-state index is 0.123. The second-order valence-electron chi connectivity index (χ2n) is 5.20. The molecule has 1 aliphatic heterocycles. The molecule has 1 saturated heterocycles. The second-order valence-corrected chi connectivity index (χ2v) is 5.20. The van der Waals surface area contributed by atoms with Crippen molar-refractivity contribution in [3.63, 3.8) is 0 Å². The molecular formula is C16H22O5. The van der Waals surface area contributed by atoms with Gasteiger partial charge in [0.05, 0.1) is 38.3 Å². The molecule has 0 radical (unpaired) electrons. The second kappa shape index (κ2) is 7.43. The molecule has 5 heteroatoms. The van der Waals surface area contributed by atoms with Gasteiger partial charge in [0.1, 0.15) is 5.75 Å². The maximum atomic E-state index is 11.7. The lowest BCUT2D eigenvalue weighted by atomic mass is 9.76. The van der Waals surface area contributed by atoms with Crippen LogP contribution in [0.5, 0.6) is 5.75 Å². The molecule has 0 spiro atoms. The van der Waals surface area contributed by atoms with E-state index in [-0.39, 0.29) is 18.0 Å². The van der Waals surface area contributed by atoms with Crippen LogP contribution >= 0.6 is 0 Å². The first-order valence-electron chi connectivity index (χ1n) is 7.28. The fraction of sp³-hybridized carbons (Fsp3) is 0.562. The lowest BCUT2D eigenvalue weighted by Gasteiger charge is -2.41. The Labute approximate surface area is 124 Å². The Bertz CT molecular complexity index is 450.